The van der Waals surface area contributed by atoms with E-state index in [1.165, 1.54) is 6.42 Å². The average Bonchev–Trinajstić information content (AvgIpc) is 2.76. The molecule has 0 spiro atoms. The second-order valence-corrected chi connectivity index (χ2v) is 5.40. The highest BCUT2D eigenvalue weighted by Gasteiger charge is 2.25. The van der Waals surface area contributed by atoms with Gasteiger partial charge < -0.3 is 4.90 Å². The first-order valence-corrected chi connectivity index (χ1v) is 7.17. The van der Waals surface area contributed by atoms with E-state index in [0.717, 1.165) is 31.3 Å². The molecule has 94 valence electrons. The summed E-state index contributed by atoms with van der Waals surface area (Å²) in [6.07, 6.45) is 5.30. The lowest BCUT2D eigenvalue weighted by molar-refractivity contribution is 0.0665. The Kier molecular flexibility index (Phi) is 4.20. The molecule has 1 unspecified atom stereocenters. The van der Waals surface area contributed by atoms with Crippen molar-refractivity contribution in [2.24, 2.45) is 13.0 Å². The summed E-state index contributed by atoms with van der Waals surface area (Å²) in [4.78, 5) is 14.1. The number of amides is 1. The third-order valence-corrected chi connectivity index (χ3v) is 3.71. The molecule has 1 aromatic rings. The number of alkyl halides is 1. The van der Waals surface area contributed by atoms with Crippen molar-refractivity contribution >= 4 is 21.8 Å². The Morgan fingerprint density at radius 2 is 2.47 bits per heavy atom. The van der Waals surface area contributed by atoms with E-state index in [1.807, 2.05) is 18.1 Å². The van der Waals surface area contributed by atoms with Gasteiger partial charge in [0.15, 0.2) is 0 Å². The highest BCUT2D eigenvalue weighted by atomic mass is 79.9. The van der Waals surface area contributed by atoms with Gasteiger partial charge in [0.1, 0.15) is 5.69 Å². The van der Waals surface area contributed by atoms with Crippen LogP contribution in [0.5, 0.6) is 0 Å². The first-order valence-electron chi connectivity index (χ1n) is 6.05. The van der Waals surface area contributed by atoms with Gasteiger partial charge in [-0.3, -0.25) is 9.48 Å². The first-order chi connectivity index (χ1) is 8.20. The van der Waals surface area contributed by atoms with Crippen molar-refractivity contribution in [3.63, 3.8) is 0 Å². The molecule has 1 saturated heterocycles. The summed E-state index contributed by atoms with van der Waals surface area (Å²) < 4.78 is 1.67. The molecule has 0 saturated carbocycles. The van der Waals surface area contributed by atoms with Crippen molar-refractivity contribution in [2.45, 2.75) is 19.3 Å². The summed E-state index contributed by atoms with van der Waals surface area (Å²) in [5.74, 6) is 0.709. The van der Waals surface area contributed by atoms with Crippen molar-refractivity contribution in [2.75, 3.05) is 18.4 Å². The molecule has 1 amide bonds. The summed E-state index contributed by atoms with van der Waals surface area (Å²) in [6, 6.07) is 1.79. The predicted molar refractivity (Wildman–Crippen MR) is 70.2 cm³/mol. The van der Waals surface area contributed by atoms with Gasteiger partial charge >= 0.3 is 0 Å². The fraction of sp³-hybridized carbons (Fsp3) is 0.667. The number of carbonyl (C=O) groups excluding carboxylic acids is 1. The summed E-state index contributed by atoms with van der Waals surface area (Å²) >= 11 is 3.47. The fourth-order valence-corrected chi connectivity index (χ4v) is 2.98. The zero-order chi connectivity index (χ0) is 12.3. The highest BCUT2D eigenvalue weighted by molar-refractivity contribution is 9.09. The maximum Gasteiger partial charge on any atom is 0.274 e. The second kappa shape index (κ2) is 5.67. The quantitative estimate of drug-likeness (QED) is 0.801. The maximum atomic E-state index is 12.2. The number of halogens is 1. The monoisotopic (exact) mass is 299 g/mol. The van der Waals surface area contributed by atoms with Gasteiger partial charge in [0, 0.05) is 31.7 Å². The molecule has 1 aromatic heterocycles. The summed E-state index contributed by atoms with van der Waals surface area (Å²) in [5.41, 5.74) is 0.562. The Hall–Kier alpha value is -0.840. The topological polar surface area (TPSA) is 38.1 Å². The van der Waals surface area contributed by atoms with Crippen molar-refractivity contribution < 1.29 is 4.79 Å². The van der Waals surface area contributed by atoms with Gasteiger partial charge in [0.05, 0.1) is 0 Å². The van der Waals surface area contributed by atoms with E-state index in [2.05, 4.69) is 21.0 Å². The van der Waals surface area contributed by atoms with Crippen LogP contribution in [-0.2, 0) is 7.05 Å². The van der Waals surface area contributed by atoms with Crippen LogP contribution in [0.25, 0.3) is 0 Å². The van der Waals surface area contributed by atoms with E-state index in [1.54, 1.807) is 10.7 Å². The minimum absolute atomic E-state index is 0.0740. The van der Waals surface area contributed by atoms with Crippen molar-refractivity contribution in [1.29, 1.82) is 0 Å². The van der Waals surface area contributed by atoms with Crippen LogP contribution in [0.1, 0.15) is 29.8 Å². The number of piperidine rings is 1. The number of aryl methyl sites for hydroxylation is 1. The molecule has 1 aliphatic rings. The van der Waals surface area contributed by atoms with E-state index in [9.17, 15) is 4.79 Å². The number of hydrogen-bond acceptors (Lipinski definition) is 2. The molecule has 1 aliphatic heterocycles. The maximum absolute atomic E-state index is 12.2. The third-order valence-electron chi connectivity index (χ3n) is 3.26. The van der Waals surface area contributed by atoms with Gasteiger partial charge in [-0.15, -0.1) is 0 Å². The van der Waals surface area contributed by atoms with E-state index in [4.69, 9.17) is 0 Å². The predicted octanol–water partition coefficient (Wildman–Crippen LogP) is 2.06. The molecular formula is C12H18BrN3O. The fourth-order valence-electron chi connectivity index (χ4n) is 2.33. The Balaban J connectivity index is 1.99. The highest BCUT2D eigenvalue weighted by Crippen LogP contribution is 2.21. The van der Waals surface area contributed by atoms with Crippen LogP contribution in [0, 0.1) is 5.92 Å². The van der Waals surface area contributed by atoms with Crippen LogP contribution in [0.2, 0.25) is 0 Å². The van der Waals surface area contributed by atoms with Crippen LogP contribution in [0.3, 0.4) is 0 Å². The summed E-state index contributed by atoms with van der Waals surface area (Å²) in [7, 11) is 1.83. The van der Waals surface area contributed by atoms with Crippen molar-refractivity contribution in [3.05, 3.63) is 18.0 Å². The average molecular weight is 300 g/mol. The van der Waals surface area contributed by atoms with Gasteiger partial charge in [-0.2, -0.15) is 5.10 Å². The van der Waals surface area contributed by atoms with Crippen LogP contribution in [0.15, 0.2) is 12.3 Å². The Morgan fingerprint density at radius 3 is 3.12 bits per heavy atom. The van der Waals surface area contributed by atoms with Gasteiger partial charge in [0.25, 0.3) is 5.91 Å². The molecule has 4 nitrogen and oxygen atoms in total. The number of carbonyl (C=O) groups is 1. The summed E-state index contributed by atoms with van der Waals surface area (Å²) in [6.45, 7) is 1.75. The van der Waals surface area contributed by atoms with Gasteiger partial charge in [-0.1, -0.05) is 15.9 Å². The van der Waals surface area contributed by atoms with Crippen LogP contribution < -0.4 is 0 Å². The molecule has 0 N–H and O–H groups in total. The number of rotatable bonds is 3. The van der Waals surface area contributed by atoms with Crippen molar-refractivity contribution in [3.8, 4) is 0 Å². The molecule has 0 bridgehead atoms. The van der Waals surface area contributed by atoms with Gasteiger partial charge in [-0.05, 0) is 31.2 Å². The molecule has 2 heterocycles. The smallest absolute Gasteiger partial charge is 0.274 e. The van der Waals surface area contributed by atoms with Gasteiger partial charge in [0.2, 0.25) is 0 Å². The number of aromatic nitrogens is 2. The minimum atomic E-state index is 0.0740. The van der Waals surface area contributed by atoms with Crippen LogP contribution in [-0.4, -0.2) is 39.0 Å². The molecule has 17 heavy (non-hydrogen) atoms. The lowest BCUT2D eigenvalue weighted by Gasteiger charge is -2.32. The molecule has 1 atom stereocenters. The molecule has 0 radical (unpaired) electrons. The minimum Gasteiger partial charge on any atom is -0.337 e. The largest absolute Gasteiger partial charge is 0.337 e. The van der Waals surface area contributed by atoms with Crippen molar-refractivity contribution in [1.82, 2.24) is 14.7 Å². The number of nitrogens with zero attached hydrogens (tertiary/aromatic N) is 3. The molecule has 0 aliphatic carbocycles. The SMILES string of the molecule is Cn1ccc(C(=O)N2CCCC(CCBr)C2)n1. The van der Waals surface area contributed by atoms with Crippen LogP contribution >= 0.6 is 15.9 Å². The zero-order valence-electron chi connectivity index (χ0n) is 10.1. The first kappa shape index (κ1) is 12.6. The number of likely N-dealkylation sites (tertiary alicyclic amines) is 1. The number of hydrogen-bond donors (Lipinski definition) is 0. The standard InChI is InChI=1S/C12H18BrN3O/c1-15-8-5-11(14-15)12(17)16-7-2-3-10(9-16)4-6-13/h5,8,10H,2-4,6-7,9H2,1H3. The Labute approximate surface area is 110 Å². The van der Waals surface area contributed by atoms with Crippen LogP contribution in [0.4, 0.5) is 0 Å². The Bertz CT molecular complexity index is 389. The third kappa shape index (κ3) is 3.09. The molecule has 1 fully saturated rings. The van der Waals surface area contributed by atoms with E-state index >= 15 is 0 Å². The Morgan fingerprint density at radius 1 is 1.65 bits per heavy atom. The lowest BCUT2D eigenvalue weighted by Crippen LogP contribution is -2.40. The summed E-state index contributed by atoms with van der Waals surface area (Å²) in [5, 5.41) is 5.19. The van der Waals surface area contributed by atoms with E-state index in [0.29, 0.717) is 11.6 Å². The molecule has 2 rings (SSSR count). The van der Waals surface area contributed by atoms with E-state index in [-0.39, 0.29) is 5.91 Å². The molecule has 0 aromatic carbocycles. The molecule has 5 heteroatoms. The normalized spacial score (nSPS) is 20.6. The lowest BCUT2D eigenvalue weighted by atomic mass is 9.95. The second-order valence-electron chi connectivity index (χ2n) is 4.61. The zero-order valence-corrected chi connectivity index (χ0v) is 11.7. The van der Waals surface area contributed by atoms with Gasteiger partial charge in [-0.25, -0.2) is 0 Å². The molecular weight excluding hydrogens is 282 g/mol. The van der Waals surface area contributed by atoms with E-state index < -0.39 is 0 Å².